The number of para-hydroxylation sites is 1. The summed E-state index contributed by atoms with van der Waals surface area (Å²) in [5.74, 6) is 2.46. The van der Waals surface area contributed by atoms with E-state index in [0.29, 0.717) is 23.4 Å². The first kappa shape index (κ1) is 36.0. The first-order chi connectivity index (χ1) is 31.7. The molecule has 0 N–H and O–H groups in total. The minimum Gasteiger partial charge on any atom is -0.456 e. The van der Waals surface area contributed by atoms with Crippen LogP contribution in [0.3, 0.4) is 0 Å². The number of benzene rings is 10. The Bertz CT molecular complexity index is 3910. The van der Waals surface area contributed by atoms with Crippen molar-refractivity contribution in [1.29, 1.82) is 0 Å². The van der Waals surface area contributed by atoms with Crippen LogP contribution >= 0.6 is 0 Å². The summed E-state index contributed by atoms with van der Waals surface area (Å²) in [7, 11) is 0. The van der Waals surface area contributed by atoms with E-state index in [-0.39, 0.29) is 0 Å². The lowest BCUT2D eigenvalue weighted by Gasteiger charge is -2.17. The fourth-order valence-electron chi connectivity index (χ4n) is 9.35. The van der Waals surface area contributed by atoms with Gasteiger partial charge in [0.05, 0.1) is 0 Å². The molecule has 10 aromatic carbocycles. The number of hydrogen-bond donors (Lipinski definition) is 0. The molecular formula is C58H34N4O2. The first-order valence-electron chi connectivity index (χ1n) is 21.4. The van der Waals surface area contributed by atoms with E-state index in [1.165, 1.54) is 10.8 Å². The SMILES string of the molecule is c1ccc(-c2nc(-c3ccccc3)nc(-c3cccc(-c4ccc(-c5ccc(-c6nc7cc8oc9ccccc9c8cc7o6)c6ccc7ccccc7c56)c5ccccc45)c3)n2)cc1. The van der Waals surface area contributed by atoms with Crippen LogP contribution in [0.1, 0.15) is 0 Å². The Labute approximate surface area is 366 Å². The number of rotatable bonds is 6. The normalized spacial score (nSPS) is 11.8. The average Bonchev–Trinajstić information content (AvgIpc) is 3.95. The van der Waals surface area contributed by atoms with Crippen molar-refractivity contribution in [2.75, 3.05) is 0 Å². The topological polar surface area (TPSA) is 77.8 Å². The Morgan fingerprint density at radius 3 is 1.62 bits per heavy atom. The maximum absolute atomic E-state index is 6.62. The van der Waals surface area contributed by atoms with Gasteiger partial charge in [0.25, 0.3) is 0 Å². The molecule has 0 saturated carbocycles. The van der Waals surface area contributed by atoms with Gasteiger partial charge in [0.1, 0.15) is 16.7 Å². The van der Waals surface area contributed by atoms with Crippen LogP contribution in [0.25, 0.3) is 133 Å². The van der Waals surface area contributed by atoms with Crippen LogP contribution in [0.4, 0.5) is 0 Å². The lowest BCUT2D eigenvalue weighted by atomic mass is 9.87. The average molecular weight is 819 g/mol. The van der Waals surface area contributed by atoms with Gasteiger partial charge >= 0.3 is 0 Å². The Kier molecular flexibility index (Phi) is 8.11. The number of furan rings is 1. The molecule has 0 aliphatic rings. The van der Waals surface area contributed by atoms with Crippen LogP contribution in [-0.4, -0.2) is 19.9 Å². The van der Waals surface area contributed by atoms with E-state index < -0.39 is 0 Å². The summed E-state index contributed by atoms with van der Waals surface area (Å²) < 4.78 is 12.8. The Morgan fingerprint density at radius 1 is 0.281 bits per heavy atom. The molecule has 64 heavy (non-hydrogen) atoms. The van der Waals surface area contributed by atoms with Crippen LogP contribution in [0.5, 0.6) is 0 Å². The van der Waals surface area contributed by atoms with Crippen molar-refractivity contribution in [3.63, 3.8) is 0 Å². The van der Waals surface area contributed by atoms with Crippen LogP contribution in [0, 0.1) is 0 Å². The van der Waals surface area contributed by atoms with E-state index in [1.54, 1.807) is 0 Å². The van der Waals surface area contributed by atoms with E-state index in [2.05, 4.69) is 121 Å². The molecule has 0 saturated heterocycles. The van der Waals surface area contributed by atoms with Gasteiger partial charge in [-0.05, 0) is 78.8 Å². The molecule has 0 aliphatic heterocycles. The number of oxazole rings is 1. The monoisotopic (exact) mass is 818 g/mol. The molecule has 6 nitrogen and oxygen atoms in total. The third-order valence-electron chi connectivity index (χ3n) is 12.4. The summed E-state index contributed by atoms with van der Waals surface area (Å²) in [6.07, 6.45) is 0. The van der Waals surface area contributed by atoms with Gasteiger partial charge in [0.2, 0.25) is 5.89 Å². The molecule has 0 unspecified atom stereocenters. The minimum atomic E-state index is 0.573. The molecule has 0 aliphatic carbocycles. The molecule has 3 heterocycles. The molecule has 0 radical (unpaired) electrons. The number of aromatic nitrogens is 4. The van der Waals surface area contributed by atoms with E-state index in [9.17, 15) is 0 Å². The van der Waals surface area contributed by atoms with Crippen molar-refractivity contribution < 1.29 is 8.83 Å². The molecule has 298 valence electrons. The summed E-state index contributed by atoms with van der Waals surface area (Å²) in [6, 6.07) is 71.4. The van der Waals surface area contributed by atoms with Gasteiger partial charge in [-0.1, -0.05) is 176 Å². The Morgan fingerprint density at radius 2 is 0.859 bits per heavy atom. The van der Waals surface area contributed by atoms with Crippen molar-refractivity contribution in [1.82, 2.24) is 19.9 Å². The third kappa shape index (κ3) is 5.88. The summed E-state index contributed by atoms with van der Waals surface area (Å²) in [5, 5.41) is 8.93. The lowest BCUT2D eigenvalue weighted by molar-refractivity contribution is 0.621. The summed E-state index contributed by atoms with van der Waals surface area (Å²) in [5.41, 5.74) is 11.3. The highest BCUT2D eigenvalue weighted by atomic mass is 16.4. The number of fused-ring (bicyclic) bond motifs is 8. The van der Waals surface area contributed by atoms with Gasteiger partial charge in [0, 0.05) is 39.1 Å². The second kappa shape index (κ2) is 14.4. The molecule has 13 rings (SSSR count). The predicted octanol–water partition coefficient (Wildman–Crippen LogP) is 15.4. The standard InChI is InChI=1S/C58H34N4O2/c1-3-15-36(16-4-1)55-60-56(37-17-5-2-6-18-37)62-57(61-55)39-20-13-19-38(32-39)40-28-29-44(43-23-10-9-22-42(40)43)46-30-31-48(47-27-26-35-14-7-8-21-41(35)54(46)47)58-59-50-34-52-49(33-53(50)64-58)45-24-11-12-25-51(45)63-52/h1-34H. The van der Waals surface area contributed by atoms with Gasteiger partial charge in [-0.3, -0.25) is 0 Å². The second-order valence-corrected chi connectivity index (χ2v) is 16.1. The smallest absolute Gasteiger partial charge is 0.227 e. The Balaban J connectivity index is 0.955. The zero-order chi connectivity index (χ0) is 42.1. The highest BCUT2D eigenvalue weighted by Crippen LogP contribution is 2.44. The first-order valence-corrected chi connectivity index (χ1v) is 21.4. The summed E-state index contributed by atoms with van der Waals surface area (Å²) >= 11 is 0. The highest BCUT2D eigenvalue weighted by Gasteiger charge is 2.20. The molecular weight excluding hydrogens is 785 g/mol. The van der Waals surface area contributed by atoms with Gasteiger partial charge in [-0.25, -0.2) is 19.9 Å². The molecule has 6 heteroatoms. The molecule has 0 spiro atoms. The van der Waals surface area contributed by atoms with E-state index in [0.717, 1.165) is 99.1 Å². The highest BCUT2D eigenvalue weighted by molar-refractivity contribution is 6.20. The van der Waals surface area contributed by atoms with Gasteiger partial charge < -0.3 is 8.83 Å². The minimum absolute atomic E-state index is 0.573. The fourth-order valence-corrected chi connectivity index (χ4v) is 9.35. The Hall–Kier alpha value is -8.74. The van der Waals surface area contributed by atoms with Crippen molar-refractivity contribution in [2.45, 2.75) is 0 Å². The van der Waals surface area contributed by atoms with E-state index >= 15 is 0 Å². The second-order valence-electron chi connectivity index (χ2n) is 16.1. The number of hydrogen-bond acceptors (Lipinski definition) is 6. The molecule has 0 atom stereocenters. The van der Waals surface area contributed by atoms with Crippen molar-refractivity contribution >= 4 is 65.4 Å². The third-order valence-corrected chi connectivity index (χ3v) is 12.4. The van der Waals surface area contributed by atoms with Crippen molar-refractivity contribution in [3.8, 4) is 67.9 Å². The molecule has 3 aromatic heterocycles. The maximum atomic E-state index is 6.62. The fraction of sp³-hybridized carbons (Fsp3) is 0. The van der Waals surface area contributed by atoms with Gasteiger partial charge in [-0.2, -0.15) is 0 Å². The van der Waals surface area contributed by atoms with Crippen LogP contribution < -0.4 is 0 Å². The molecule has 0 amide bonds. The summed E-state index contributed by atoms with van der Waals surface area (Å²) in [6.45, 7) is 0. The van der Waals surface area contributed by atoms with Crippen LogP contribution in [-0.2, 0) is 0 Å². The summed E-state index contributed by atoms with van der Waals surface area (Å²) in [4.78, 5) is 20.0. The van der Waals surface area contributed by atoms with E-state index in [4.69, 9.17) is 28.8 Å². The lowest BCUT2D eigenvalue weighted by Crippen LogP contribution is -2.00. The van der Waals surface area contributed by atoms with Crippen LogP contribution in [0.15, 0.2) is 215 Å². The van der Waals surface area contributed by atoms with Crippen molar-refractivity contribution in [2.24, 2.45) is 0 Å². The maximum Gasteiger partial charge on any atom is 0.227 e. The van der Waals surface area contributed by atoms with Gasteiger partial charge in [-0.15, -0.1) is 0 Å². The van der Waals surface area contributed by atoms with Gasteiger partial charge in [0.15, 0.2) is 23.1 Å². The quantitative estimate of drug-likeness (QED) is 0.156. The largest absolute Gasteiger partial charge is 0.456 e. The predicted molar refractivity (Wildman–Crippen MR) is 260 cm³/mol. The van der Waals surface area contributed by atoms with Crippen LogP contribution in [0.2, 0.25) is 0 Å². The molecule has 0 bridgehead atoms. The van der Waals surface area contributed by atoms with E-state index in [1.807, 2.05) is 84.9 Å². The van der Waals surface area contributed by atoms with Crippen molar-refractivity contribution in [3.05, 3.63) is 206 Å². The molecule has 0 fully saturated rings. The number of nitrogens with zero attached hydrogens (tertiary/aromatic N) is 4. The zero-order valence-corrected chi connectivity index (χ0v) is 34.2. The molecule has 13 aromatic rings. The zero-order valence-electron chi connectivity index (χ0n) is 34.2.